The summed E-state index contributed by atoms with van der Waals surface area (Å²) in [5.74, 6) is 0.758. The minimum absolute atomic E-state index is 0.188. The Hall–Kier alpha value is -2.54. The first-order valence-corrected chi connectivity index (χ1v) is 9.71. The lowest BCUT2D eigenvalue weighted by atomic mass is 10.1. The molecule has 4 rings (SSSR count). The third kappa shape index (κ3) is 3.26. The Labute approximate surface area is 156 Å². The standard InChI is InChI=1S/C19H21N5OS/c1-12-10-13(2)21-16-15(12)18(24-7-3-4-8-24)23-17(22-16)19(25)20-11-14-6-5-9-26-14/h5-6,9-10H,3-4,7-8,11H2,1-2H3,(H,20,25). The predicted octanol–water partition coefficient (Wildman–Crippen LogP) is 3.23. The molecule has 7 heteroatoms. The summed E-state index contributed by atoms with van der Waals surface area (Å²) < 4.78 is 0. The van der Waals surface area contributed by atoms with Crippen molar-refractivity contribution in [1.29, 1.82) is 0 Å². The first-order chi connectivity index (χ1) is 12.6. The molecule has 1 saturated heterocycles. The topological polar surface area (TPSA) is 71.0 Å². The molecular weight excluding hydrogens is 346 g/mol. The number of rotatable bonds is 4. The summed E-state index contributed by atoms with van der Waals surface area (Å²) in [5, 5.41) is 5.86. The van der Waals surface area contributed by atoms with Gasteiger partial charge in [-0.05, 0) is 49.8 Å². The van der Waals surface area contributed by atoms with Crippen LogP contribution in [0.1, 0.15) is 39.6 Å². The summed E-state index contributed by atoms with van der Waals surface area (Å²) in [5.41, 5.74) is 2.59. The normalized spacial score (nSPS) is 14.2. The molecule has 6 nitrogen and oxygen atoms in total. The van der Waals surface area contributed by atoms with E-state index in [4.69, 9.17) is 0 Å². The van der Waals surface area contributed by atoms with Crippen LogP contribution in [-0.2, 0) is 6.54 Å². The first-order valence-electron chi connectivity index (χ1n) is 8.83. The molecule has 0 aliphatic carbocycles. The van der Waals surface area contributed by atoms with Gasteiger partial charge in [0.05, 0.1) is 11.9 Å². The van der Waals surface area contributed by atoms with Crippen molar-refractivity contribution in [2.75, 3.05) is 18.0 Å². The Morgan fingerprint density at radius 2 is 2.04 bits per heavy atom. The van der Waals surface area contributed by atoms with Gasteiger partial charge in [-0.2, -0.15) is 0 Å². The molecule has 0 spiro atoms. The van der Waals surface area contributed by atoms with Gasteiger partial charge >= 0.3 is 0 Å². The number of aryl methyl sites for hydroxylation is 2. The number of nitrogens with one attached hydrogen (secondary N) is 1. The fourth-order valence-electron chi connectivity index (χ4n) is 3.37. The van der Waals surface area contributed by atoms with E-state index < -0.39 is 0 Å². The van der Waals surface area contributed by atoms with Gasteiger partial charge in [0.2, 0.25) is 5.82 Å². The van der Waals surface area contributed by atoms with Crippen LogP contribution >= 0.6 is 11.3 Å². The van der Waals surface area contributed by atoms with Crippen LogP contribution in [0.4, 0.5) is 5.82 Å². The molecule has 0 aromatic carbocycles. The number of anilines is 1. The molecule has 0 saturated carbocycles. The summed E-state index contributed by atoms with van der Waals surface area (Å²) in [7, 11) is 0. The average molecular weight is 367 g/mol. The fourth-order valence-corrected chi connectivity index (χ4v) is 4.02. The lowest BCUT2D eigenvalue weighted by Gasteiger charge is -2.20. The van der Waals surface area contributed by atoms with Crippen molar-refractivity contribution >= 4 is 34.1 Å². The molecule has 1 aliphatic heterocycles. The van der Waals surface area contributed by atoms with Gasteiger partial charge in [0.25, 0.3) is 5.91 Å². The Morgan fingerprint density at radius 3 is 2.77 bits per heavy atom. The van der Waals surface area contributed by atoms with Crippen LogP contribution in [0.5, 0.6) is 0 Å². The van der Waals surface area contributed by atoms with Gasteiger partial charge in [0.15, 0.2) is 5.65 Å². The lowest BCUT2D eigenvalue weighted by molar-refractivity contribution is 0.0941. The van der Waals surface area contributed by atoms with Gasteiger partial charge in [-0.15, -0.1) is 11.3 Å². The summed E-state index contributed by atoms with van der Waals surface area (Å²) in [4.78, 5) is 29.7. The Balaban J connectivity index is 1.73. The van der Waals surface area contributed by atoms with E-state index in [0.717, 1.165) is 53.3 Å². The number of pyridine rings is 1. The summed E-state index contributed by atoms with van der Waals surface area (Å²) in [6, 6.07) is 6.01. The highest BCUT2D eigenvalue weighted by molar-refractivity contribution is 7.09. The molecule has 1 amide bonds. The van der Waals surface area contributed by atoms with Gasteiger partial charge in [-0.25, -0.2) is 15.0 Å². The fraction of sp³-hybridized carbons (Fsp3) is 0.368. The zero-order chi connectivity index (χ0) is 18.1. The summed E-state index contributed by atoms with van der Waals surface area (Å²) >= 11 is 1.61. The molecular formula is C19H21N5OS. The Morgan fingerprint density at radius 1 is 1.23 bits per heavy atom. The van der Waals surface area contributed by atoms with Crippen molar-refractivity contribution < 1.29 is 4.79 Å². The van der Waals surface area contributed by atoms with E-state index in [2.05, 4.69) is 32.1 Å². The lowest BCUT2D eigenvalue weighted by Crippen LogP contribution is -2.27. The van der Waals surface area contributed by atoms with E-state index in [9.17, 15) is 4.79 Å². The van der Waals surface area contributed by atoms with Crippen molar-refractivity contribution in [2.45, 2.75) is 33.2 Å². The molecule has 26 heavy (non-hydrogen) atoms. The van der Waals surface area contributed by atoms with Crippen LogP contribution in [0.2, 0.25) is 0 Å². The number of hydrogen-bond donors (Lipinski definition) is 1. The Kier molecular flexibility index (Phi) is 4.55. The number of fused-ring (bicyclic) bond motifs is 1. The summed E-state index contributed by atoms with van der Waals surface area (Å²) in [6.07, 6.45) is 2.29. The van der Waals surface area contributed by atoms with Crippen LogP contribution in [0.3, 0.4) is 0 Å². The van der Waals surface area contributed by atoms with Gasteiger partial charge < -0.3 is 10.2 Å². The number of amides is 1. The minimum Gasteiger partial charge on any atom is -0.356 e. The molecule has 1 fully saturated rings. The maximum absolute atomic E-state index is 12.6. The van der Waals surface area contributed by atoms with Crippen LogP contribution in [-0.4, -0.2) is 33.9 Å². The molecule has 1 N–H and O–H groups in total. The first kappa shape index (κ1) is 16.9. The maximum atomic E-state index is 12.6. The molecule has 134 valence electrons. The molecule has 0 radical (unpaired) electrons. The van der Waals surface area contributed by atoms with Gasteiger partial charge in [0, 0.05) is 23.7 Å². The van der Waals surface area contributed by atoms with Crippen molar-refractivity contribution in [3.63, 3.8) is 0 Å². The van der Waals surface area contributed by atoms with E-state index in [1.807, 2.05) is 30.5 Å². The van der Waals surface area contributed by atoms with Crippen LogP contribution in [0.15, 0.2) is 23.6 Å². The second-order valence-electron chi connectivity index (χ2n) is 6.61. The minimum atomic E-state index is -0.262. The SMILES string of the molecule is Cc1cc(C)c2c(N3CCCC3)nc(C(=O)NCc3cccs3)nc2n1. The zero-order valence-corrected chi connectivity index (χ0v) is 15.8. The van der Waals surface area contributed by atoms with Crippen LogP contribution in [0, 0.1) is 13.8 Å². The Bertz CT molecular complexity index is 948. The van der Waals surface area contributed by atoms with E-state index >= 15 is 0 Å². The van der Waals surface area contributed by atoms with Crippen molar-refractivity contribution in [3.05, 3.63) is 45.5 Å². The van der Waals surface area contributed by atoms with E-state index in [1.54, 1.807) is 11.3 Å². The number of nitrogens with zero attached hydrogens (tertiary/aromatic N) is 4. The van der Waals surface area contributed by atoms with Gasteiger partial charge in [-0.3, -0.25) is 4.79 Å². The van der Waals surface area contributed by atoms with Crippen LogP contribution < -0.4 is 10.2 Å². The number of aromatic nitrogens is 3. The molecule has 4 heterocycles. The second kappa shape index (κ2) is 6.99. The average Bonchev–Trinajstić information content (AvgIpc) is 3.31. The van der Waals surface area contributed by atoms with Crippen LogP contribution in [0.25, 0.3) is 11.0 Å². The zero-order valence-electron chi connectivity index (χ0n) is 15.0. The highest BCUT2D eigenvalue weighted by atomic mass is 32.1. The quantitative estimate of drug-likeness (QED) is 0.766. The summed E-state index contributed by atoms with van der Waals surface area (Å²) in [6.45, 7) is 6.39. The predicted molar refractivity (Wildman–Crippen MR) is 104 cm³/mol. The number of thiophene rings is 1. The molecule has 0 atom stereocenters. The molecule has 0 unspecified atom stereocenters. The van der Waals surface area contributed by atoms with Gasteiger partial charge in [-0.1, -0.05) is 6.07 Å². The third-order valence-corrected chi connectivity index (χ3v) is 5.46. The maximum Gasteiger partial charge on any atom is 0.289 e. The highest BCUT2D eigenvalue weighted by Crippen LogP contribution is 2.29. The van der Waals surface area contributed by atoms with Crippen molar-refractivity contribution in [3.8, 4) is 0 Å². The number of carbonyl (C=O) groups is 1. The van der Waals surface area contributed by atoms with Gasteiger partial charge in [0.1, 0.15) is 5.82 Å². The number of hydrogen-bond acceptors (Lipinski definition) is 6. The molecule has 0 bridgehead atoms. The third-order valence-electron chi connectivity index (χ3n) is 4.58. The largest absolute Gasteiger partial charge is 0.356 e. The molecule has 3 aromatic heterocycles. The second-order valence-corrected chi connectivity index (χ2v) is 7.64. The van der Waals surface area contributed by atoms with E-state index in [1.165, 1.54) is 0 Å². The highest BCUT2D eigenvalue weighted by Gasteiger charge is 2.22. The molecule has 1 aliphatic rings. The van der Waals surface area contributed by atoms with Crippen molar-refractivity contribution in [1.82, 2.24) is 20.3 Å². The smallest absolute Gasteiger partial charge is 0.289 e. The van der Waals surface area contributed by atoms with E-state index in [-0.39, 0.29) is 11.7 Å². The monoisotopic (exact) mass is 367 g/mol. The number of carbonyl (C=O) groups excluding carboxylic acids is 1. The van der Waals surface area contributed by atoms with Crippen molar-refractivity contribution in [2.24, 2.45) is 0 Å². The molecule has 3 aromatic rings. The van der Waals surface area contributed by atoms with E-state index in [0.29, 0.717) is 12.2 Å².